The SMILES string of the molecule is O=S1(=O)CCCN1c1oc(-c2ccc(Cl)cc2)c(O)c1O. The summed E-state index contributed by atoms with van der Waals surface area (Å²) in [5.74, 6) is -1.33. The van der Waals surface area contributed by atoms with Gasteiger partial charge >= 0.3 is 0 Å². The lowest BCUT2D eigenvalue weighted by Gasteiger charge is -2.12. The smallest absolute Gasteiger partial charge is 0.256 e. The number of hydrogen-bond donors (Lipinski definition) is 2. The average Bonchev–Trinajstić information content (AvgIpc) is 2.92. The van der Waals surface area contributed by atoms with Gasteiger partial charge in [-0.15, -0.1) is 0 Å². The van der Waals surface area contributed by atoms with E-state index in [2.05, 4.69) is 0 Å². The third-order valence-corrected chi connectivity index (χ3v) is 5.35. The van der Waals surface area contributed by atoms with Crippen LogP contribution in [-0.4, -0.2) is 30.9 Å². The van der Waals surface area contributed by atoms with Crippen LogP contribution in [0.25, 0.3) is 11.3 Å². The number of hydrogen-bond acceptors (Lipinski definition) is 5. The van der Waals surface area contributed by atoms with E-state index in [1.54, 1.807) is 24.3 Å². The fourth-order valence-electron chi connectivity index (χ4n) is 2.24. The normalized spacial score (nSPS) is 17.3. The molecule has 1 aliphatic heterocycles. The second kappa shape index (κ2) is 4.85. The van der Waals surface area contributed by atoms with E-state index in [9.17, 15) is 18.6 Å². The first kappa shape index (κ1) is 14.1. The molecule has 0 unspecified atom stereocenters. The lowest BCUT2D eigenvalue weighted by Crippen LogP contribution is -2.24. The van der Waals surface area contributed by atoms with Crippen molar-refractivity contribution in [3.63, 3.8) is 0 Å². The van der Waals surface area contributed by atoms with E-state index in [1.165, 1.54) is 0 Å². The van der Waals surface area contributed by atoms with Gasteiger partial charge in [-0.2, -0.15) is 0 Å². The summed E-state index contributed by atoms with van der Waals surface area (Å²) in [5.41, 5.74) is 0.482. The third kappa shape index (κ3) is 2.32. The highest BCUT2D eigenvalue weighted by Gasteiger charge is 2.35. The van der Waals surface area contributed by atoms with E-state index >= 15 is 0 Å². The van der Waals surface area contributed by atoms with Crippen LogP contribution in [0.3, 0.4) is 0 Å². The average molecular weight is 330 g/mol. The quantitative estimate of drug-likeness (QED) is 0.883. The van der Waals surface area contributed by atoms with Crippen molar-refractivity contribution in [3.8, 4) is 22.8 Å². The topological polar surface area (TPSA) is 91.0 Å². The molecule has 0 aliphatic carbocycles. The molecule has 1 fully saturated rings. The van der Waals surface area contributed by atoms with Crippen LogP contribution in [0.5, 0.6) is 11.5 Å². The van der Waals surface area contributed by atoms with E-state index in [1.807, 2.05) is 0 Å². The summed E-state index contributed by atoms with van der Waals surface area (Å²) < 4.78 is 30.1. The molecule has 0 spiro atoms. The molecule has 1 aromatic carbocycles. The standard InChI is InChI=1S/C13H12ClNO5S/c14-9-4-2-8(3-5-9)12-10(16)11(17)13(20-12)15-6-1-7-21(15,18)19/h2-5,16-17H,1,6-7H2. The molecule has 0 radical (unpaired) electrons. The molecule has 2 N–H and O–H groups in total. The first-order valence-corrected chi connectivity index (χ1v) is 8.20. The van der Waals surface area contributed by atoms with E-state index in [4.69, 9.17) is 16.0 Å². The molecule has 8 heteroatoms. The van der Waals surface area contributed by atoms with Crippen molar-refractivity contribution in [1.82, 2.24) is 0 Å². The maximum absolute atomic E-state index is 11.9. The molecule has 21 heavy (non-hydrogen) atoms. The van der Waals surface area contributed by atoms with Gasteiger partial charge in [-0.3, -0.25) is 0 Å². The first-order chi connectivity index (χ1) is 9.90. The Balaban J connectivity index is 2.09. The third-order valence-electron chi connectivity index (χ3n) is 3.27. The van der Waals surface area contributed by atoms with Gasteiger partial charge in [-0.25, -0.2) is 12.7 Å². The maximum atomic E-state index is 11.9. The van der Waals surface area contributed by atoms with Crippen LogP contribution < -0.4 is 4.31 Å². The number of benzene rings is 1. The second-order valence-electron chi connectivity index (χ2n) is 4.68. The fraction of sp³-hybridized carbons (Fsp3) is 0.231. The van der Waals surface area contributed by atoms with Gasteiger partial charge in [-0.1, -0.05) is 11.6 Å². The summed E-state index contributed by atoms with van der Waals surface area (Å²) >= 11 is 5.79. The Morgan fingerprint density at radius 3 is 2.38 bits per heavy atom. The number of aromatic hydroxyl groups is 2. The summed E-state index contributed by atoms with van der Waals surface area (Å²) in [6.07, 6.45) is 0.444. The highest BCUT2D eigenvalue weighted by molar-refractivity contribution is 7.93. The molecule has 2 aromatic rings. The molecule has 0 amide bonds. The van der Waals surface area contributed by atoms with Crippen LogP contribution in [0, 0.1) is 0 Å². The van der Waals surface area contributed by atoms with Crippen LogP contribution in [0.1, 0.15) is 6.42 Å². The molecule has 0 bridgehead atoms. The van der Waals surface area contributed by atoms with E-state index < -0.39 is 21.5 Å². The van der Waals surface area contributed by atoms with Gasteiger partial charge in [0.2, 0.25) is 21.5 Å². The van der Waals surface area contributed by atoms with Crippen LogP contribution in [0.4, 0.5) is 5.88 Å². The van der Waals surface area contributed by atoms with Crippen molar-refractivity contribution in [3.05, 3.63) is 29.3 Å². The van der Waals surface area contributed by atoms with Gasteiger partial charge in [0.25, 0.3) is 5.88 Å². The molecule has 1 aliphatic rings. The van der Waals surface area contributed by atoms with Gasteiger partial charge in [-0.05, 0) is 30.7 Å². The first-order valence-electron chi connectivity index (χ1n) is 6.21. The number of rotatable bonds is 2. The summed E-state index contributed by atoms with van der Waals surface area (Å²) in [5, 5.41) is 20.4. The minimum atomic E-state index is -3.51. The predicted molar refractivity (Wildman–Crippen MR) is 78.2 cm³/mol. The minimum Gasteiger partial charge on any atom is -0.502 e. The van der Waals surface area contributed by atoms with Crippen LogP contribution in [0.2, 0.25) is 5.02 Å². The molecule has 1 aromatic heterocycles. The summed E-state index contributed by atoms with van der Waals surface area (Å²) in [7, 11) is -3.51. The second-order valence-corrected chi connectivity index (χ2v) is 7.13. The number of halogens is 1. The van der Waals surface area contributed by atoms with Crippen molar-refractivity contribution in [1.29, 1.82) is 0 Å². The summed E-state index contributed by atoms with van der Waals surface area (Å²) in [4.78, 5) is 0. The zero-order chi connectivity index (χ0) is 15.2. The zero-order valence-electron chi connectivity index (χ0n) is 10.8. The Morgan fingerprint density at radius 1 is 1.14 bits per heavy atom. The van der Waals surface area contributed by atoms with E-state index in [0.717, 1.165) is 4.31 Å². The van der Waals surface area contributed by atoms with Crippen molar-refractivity contribution >= 4 is 27.5 Å². The van der Waals surface area contributed by atoms with E-state index in [-0.39, 0.29) is 23.9 Å². The lowest BCUT2D eigenvalue weighted by atomic mass is 10.1. The van der Waals surface area contributed by atoms with Crippen LogP contribution >= 0.6 is 11.6 Å². The van der Waals surface area contributed by atoms with Crippen LogP contribution in [-0.2, 0) is 10.0 Å². The summed E-state index contributed by atoms with van der Waals surface area (Å²) in [6, 6.07) is 6.40. The van der Waals surface area contributed by atoms with Gasteiger partial charge in [0.05, 0.1) is 5.75 Å². The number of nitrogens with zero attached hydrogens (tertiary/aromatic N) is 1. The predicted octanol–water partition coefficient (Wildman–Crippen LogP) is 2.55. The van der Waals surface area contributed by atoms with Gasteiger partial charge in [0.15, 0.2) is 5.76 Å². The Kier molecular flexibility index (Phi) is 3.26. The molecular weight excluding hydrogens is 318 g/mol. The largest absolute Gasteiger partial charge is 0.502 e. The Morgan fingerprint density at radius 2 is 1.81 bits per heavy atom. The van der Waals surface area contributed by atoms with Crippen molar-refractivity contribution < 1.29 is 23.0 Å². The molecule has 0 atom stereocenters. The molecule has 2 heterocycles. The number of furan rings is 1. The fourth-order valence-corrected chi connectivity index (χ4v) is 3.86. The molecule has 6 nitrogen and oxygen atoms in total. The van der Waals surface area contributed by atoms with Gasteiger partial charge < -0.3 is 14.6 Å². The van der Waals surface area contributed by atoms with Crippen LogP contribution in [0.15, 0.2) is 28.7 Å². The highest BCUT2D eigenvalue weighted by atomic mass is 35.5. The Bertz CT molecular complexity index is 782. The molecule has 0 saturated carbocycles. The summed E-state index contributed by atoms with van der Waals surface area (Å²) in [6.45, 7) is 0.211. The zero-order valence-corrected chi connectivity index (χ0v) is 12.4. The highest BCUT2D eigenvalue weighted by Crippen LogP contribution is 2.48. The monoisotopic (exact) mass is 329 g/mol. The Hall–Kier alpha value is -1.86. The molecule has 112 valence electrons. The van der Waals surface area contributed by atoms with Gasteiger partial charge in [0.1, 0.15) is 0 Å². The van der Waals surface area contributed by atoms with Gasteiger partial charge in [0, 0.05) is 17.1 Å². The van der Waals surface area contributed by atoms with E-state index in [0.29, 0.717) is 17.0 Å². The maximum Gasteiger partial charge on any atom is 0.256 e. The number of anilines is 1. The minimum absolute atomic E-state index is 0.00117. The Labute approximate surface area is 126 Å². The molecule has 1 saturated heterocycles. The van der Waals surface area contributed by atoms with Crippen molar-refractivity contribution in [2.45, 2.75) is 6.42 Å². The lowest BCUT2D eigenvalue weighted by molar-refractivity contribution is 0.409. The molecular formula is C13H12ClNO5S. The molecule has 3 rings (SSSR count). The van der Waals surface area contributed by atoms with Crippen molar-refractivity contribution in [2.24, 2.45) is 0 Å². The van der Waals surface area contributed by atoms with Crippen molar-refractivity contribution in [2.75, 3.05) is 16.6 Å². The number of sulfonamides is 1.